The summed E-state index contributed by atoms with van der Waals surface area (Å²) in [6.45, 7) is 4.73. The molecule has 2 fully saturated rings. The topological polar surface area (TPSA) is 12.0 Å². The lowest BCUT2D eigenvalue weighted by Gasteiger charge is -2.23. The van der Waals surface area contributed by atoms with Crippen molar-refractivity contribution in [1.82, 2.24) is 5.32 Å². The summed E-state index contributed by atoms with van der Waals surface area (Å²) in [5.74, 6) is 2.73. The molecule has 12 heavy (non-hydrogen) atoms. The number of hydrogen-bond donors (Lipinski definition) is 1. The van der Waals surface area contributed by atoms with E-state index in [9.17, 15) is 0 Å². The third-order valence-electron chi connectivity index (χ3n) is 3.17. The molecule has 1 saturated carbocycles. The zero-order valence-corrected chi connectivity index (χ0v) is 8.91. The van der Waals surface area contributed by atoms with E-state index in [1.165, 1.54) is 30.8 Å². The van der Waals surface area contributed by atoms with E-state index in [2.05, 4.69) is 30.9 Å². The Morgan fingerprint density at radius 1 is 1.25 bits per heavy atom. The second kappa shape index (κ2) is 3.22. The molecule has 0 spiro atoms. The fraction of sp³-hybridized carbons (Fsp3) is 1.00. The van der Waals surface area contributed by atoms with Crippen LogP contribution in [0.5, 0.6) is 0 Å². The lowest BCUT2D eigenvalue weighted by atomic mass is 10.1. The third kappa shape index (κ3) is 1.97. The summed E-state index contributed by atoms with van der Waals surface area (Å²) in [6.07, 6.45) is 4.16. The van der Waals surface area contributed by atoms with Crippen molar-refractivity contribution in [2.75, 3.05) is 11.5 Å². The molecule has 2 aliphatic rings. The van der Waals surface area contributed by atoms with Crippen LogP contribution in [0.1, 0.15) is 33.1 Å². The van der Waals surface area contributed by atoms with E-state index in [0.29, 0.717) is 5.41 Å². The van der Waals surface area contributed by atoms with Crippen LogP contribution in [0.15, 0.2) is 0 Å². The first-order chi connectivity index (χ1) is 5.68. The number of hydrogen-bond acceptors (Lipinski definition) is 2. The first-order valence-electron chi connectivity index (χ1n) is 5.02. The van der Waals surface area contributed by atoms with Gasteiger partial charge < -0.3 is 5.32 Å². The van der Waals surface area contributed by atoms with Crippen molar-refractivity contribution < 1.29 is 0 Å². The molecule has 0 bridgehead atoms. The summed E-state index contributed by atoms with van der Waals surface area (Å²) in [5.41, 5.74) is 0.602. The number of rotatable bonds is 2. The molecule has 1 heterocycles. The van der Waals surface area contributed by atoms with Crippen LogP contribution < -0.4 is 5.32 Å². The minimum absolute atomic E-state index is 0.602. The maximum absolute atomic E-state index is 3.77. The molecule has 1 unspecified atom stereocenters. The summed E-state index contributed by atoms with van der Waals surface area (Å²) in [7, 11) is 0. The van der Waals surface area contributed by atoms with Crippen molar-refractivity contribution in [3.8, 4) is 0 Å². The second-order valence-corrected chi connectivity index (χ2v) is 6.02. The van der Waals surface area contributed by atoms with Crippen LogP contribution >= 0.6 is 11.8 Å². The van der Waals surface area contributed by atoms with Crippen molar-refractivity contribution >= 4 is 11.8 Å². The predicted octanol–water partition coefficient (Wildman–Crippen LogP) is 2.27. The SMILES string of the molecule is CC1(C)CC1NC1CCSCC1. The Morgan fingerprint density at radius 3 is 2.33 bits per heavy atom. The van der Waals surface area contributed by atoms with E-state index in [4.69, 9.17) is 0 Å². The minimum atomic E-state index is 0.602. The highest BCUT2D eigenvalue weighted by molar-refractivity contribution is 7.99. The van der Waals surface area contributed by atoms with Crippen molar-refractivity contribution in [2.24, 2.45) is 5.41 Å². The molecule has 1 nitrogen and oxygen atoms in total. The summed E-state index contributed by atoms with van der Waals surface area (Å²) in [6, 6.07) is 1.66. The Morgan fingerprint density at radius 2 is 1.83 bits per heavy atom. The first-order valence-corrected chi connectivity index (χ1v) is 6.18. The number of nitrogens with one attached hydrogen (secondary N) is 1. The van der Waals surface area contributed by atoms with Gasteiger partial charge in [-0.1, -0.05) is 13.8 Å². The highest BCUT2D eigenvalue weighted by Gasteiger charge is 2.46. The normalized spacial score (nSPS) is 35.0. The van der Waals surface area contributed by atoms with E-state index in [1.807, 2.05) is 0 Å². The molecule has 1 N–H and O–H groups in total. The van der Waals surface area contributed by atoms with Gasteiger partial charge in [-0.3, -0.25) is 0 Å². The van der Waals surface area contributed by atoms with Crippen LogP contribution in [0.3, 0.4) is 0 Å². The van der Waals surface area contributed by atoms with Crippen LogP contribution in [0.25, 0.3) is 0 Å². The second-order valence-electron chi connectivity index (χ2n) is 4.80. The molecular formula is C10H19NS. The van der Waals surface area contributed by atoms with Crippen molar-refractivity contribution in [3.05, 3.63) is 0 Å². The van der Waals surface area contributed by atoms with Gasteiger partial charge in [-0.25, -0.2) is 0 Å². The molecule has 0 aromatic rings. The first kappa shape index (κ1) is 8.89. The molecule has 1 saturated heterocycles. The minimum Gasteiger partial charge on any atom is -0.311 e. The molecule has 0 aromatic carbocycles. The molecule has 0 aromatic heterocycles. The average molecular weight is 185 g/mol. The van der Waals surface area contributed by atoms with Gasteiger partial charge in [0.15, 0.2) is 0 Å². The Hall–Kier alpha value is 0.310. The molecule has 1 atom stereocenters. The van der Waals surface area contributed by atoms with Gasteiger partial charge in [0.1, 0.15) is 0 Å². The zero-order chi connectivity index (χ0) is 8.60. The largest absolute Gasteiger partial charge is 0.311 e. The zero-order valence-electron chi connectivity index (χ0n) is 8.10. The van der Waals surface area contributed by atoms with Gasteiger partial charge in [0.25, 0.3) is 0 Å². The van der Waals surface area contributed by atoms with Crippen LogP contribution in [0, 0.1) is 5.41 Å². The van der Waals surface area contributed by atoms with E-state index in [-0.39, 0.29) is 0 Å². The highest BCUT2D eigenvalue weighted by atomic mass is 32.2. The predicted molar refractivity (Wildman–Crippen MR) is 55.7 cm³/mol. The van der Waals surface area contributed by atoms with Gasteiger partial charge in [0, 0.05) is 12.1 Å². The summed E-state index contributed by atoms with van der Waals surface area (Å²) >= 11 is 2.11. The van der Waals surface area contributed by atoms with Gasteiger partial charge in [0.2, 0.25) is 0 Å². The summed E-state index contributed by atoms with van der Waals surface area (Å²) in [5, 5.41) is 3.77. The number of thioether (sulfide) groups is 1. The fourth-order valence-electron chi connectivity index (χ4n) is 1.90. The third-order valence-corrected chi connectivity index (χ3v) is 4.22. The van der Waals surface area contributed by atoms with E-state index < -0.39 is 0 Å². The molecule has 0 radical (unpaired) electrons. The Balaban J connectivity index is 1.73. The molecule has 1 aliphatic heterocycles. The Kier molecular flexibility index (Phi) is 2.39. The smallest absolute Gasteiger partial charge is 0.0127 e. The van der Waals surface area contributed by atoms with Crippen molar-refractivity contribution in [3.63, 3.8) is 0 Å². The van der Waals surface area contributed by atoms with Crippen LogP contribution in [0.4, 0.5) is 0 Å². The average Bonchev–Trinajstić information content (AvgIpc) is 2.61. The van der Waals surface area contributed by atoms with E-state index in [0.717, 1.165) is 12.1 Å². The lowest BCUT2D eigenvalue weighted by molar-refractivity contribution is 0.439. The van der Waals surface area contributed by atoms with Gasteiger partial charge in [-0.15, -0.1) is 0 Å². The van der Waals surface area contributed by atoms with Gasteiger partial charge in [0.05, 0.1) is 0 Å². The van der Waals surface area contributed by atoms with Crippen molar-refractivity contribution in [1.29, 1.82) is 0 Å². The van der Waals surface area contributed by atoms with E-state index in [1.54, 1.807) is 0 Å². The highest BCUT2D eigenvalue weighted by Crippen LogP contribution is 2.45. The maximum atomic E-state index is 3.77. The monoisotopic (exact) mass is 185 g/mol. The van der Waals surface area contributed by atoms with Crippen LogP contribution in [-0.2, 0) is 0 Å². The standard InChI is InChI=1S/C10H19NS/c1-10(2)7-9(10)11-8-3-5-12-6-4-8/h8-9,11H,3-7H2,1-2H3. The summed E-state index contributed by atoms with van der Waals surface area (Å²) < 4.78 is 0. The molecule has 2 rings (SSSR count). The molecule has 2 heteroatoms. The van der Waals surface area contributed by atoms with Crippen LogP contribution in [-0.4, -0.2) is 23.6 Å². The molecular weight excluding hydrogens is 166 g/mol. The molecule has 0 amide bonds. The molecule has 70 valence electrons. The van der Waals surface area contributed by atoms with Gasteiger partial charge >= 0.3 is 0 Å². The van der Waals surface area contributed by atoms with Crippen LogP contribution in [0.2, 0.25) is 0 Å². The summed E-state index contributed by atoms with van der Waals surface area (Å²) in [4.78, 5) is 0. The van der Waals surface area contributed by atoms with Crippen molar-refractivity contribution in [2.45, 2.75) is 45.2 Å². The van der Waals surface area contributed by atoms with Gasteiger partial charge in [-0.05, 0) is 36.2 Å². The Labute approximate surface area is 79.7 Å². The Bertz CT molecular complexity index is 161. The molecule has 1 aliphatic carbocycles. The maximum Gasteiger partial charge on any atom is 0.0127 e. The lowest BCUT2D eigenvalue weighted by Crippen LogP contribution is -2.35. The quantitative estimate of drug-likeness (QED) is 0.708. The van der Waals surface area contributed by atoms with Gasteiger partial charge in [-0.2, -0.15) is 11.8 Å². The van der Waals surface area contributed by atoms with E-state index >= 15 is 0 Å². The fourth-order valence-corrected chi connectivity index (χ4v) is 3.01.